The number of nitrogens with one attached hydrogen (secondary N) is 1. The van der Waals surface area contributed by atoms with Gasteiger partial charge in [0.05, 0.1) is 17.3 Å². The highest BCUT2D eigenvalue weighted by Crippen LogP contribution is 2.38. The summed E-state index contributed by atoms with van der Waals surface area (Å²) in [5, 5.41) is 9.01. The monoisotopic (exact) mass is 407 g/mol. The van der Waals surface area contributed by atoms with E-state index in [9.17, 15) is 0 Å². The zero-order valence-electron chi connectivity index (χ0n) is 18.3. The number of benzene rings is 3. The number of rotatable bonds is 4. The van der Waals surface area contributed by atoms with Crippen molar-refractivity contribution in [1.82, 2.24) is 9.78 Å². The minimum absolute atomic E-state index is 0.114. The second-order valence-electron chi connectivity index (χ2n) is 8.55. The summed E-state index contributed by atoms with van der Waals surface area (Å²) < 4.78 is 2.16. The first-order valence-corrected chi connectivity index (χ1v) is 11.3. The first-order chi connectivity index (χ1) is 15.2. The molecule has 1 aromatic heterocycles. The Hall–Kier alpha value is -3.33. The number of anilines is 1. The zero-order valence-corrected chi connectivity index (χ0v) is 18.3. The highest BCUT2D eigenvalue weighted by Gasteiger charge is 2.28. The second-order valence-corrected chi connectivity index (χ2v) is 8.55. The lowest BCUT2D eigenvalue weighted by Gasteiger charge is -2.18. The second kappa shape index (κ2) is 8.43. The molecule has 0 amide bonds. The summed E-state index contributed by atoms with van der Waals surface area (Å²) in [6, 6.07) is 28.2. The molecular weight excluding hydrogens is 378 g/mol. The van der Waals surface area contributed by atoms with Gasteiger partial charge in [0.1, 0.15) is 5.82 Å². The number of hydrogen-bond acceptors (Lipinski definition) is 2. The maximum absolute atomic E-state index is 5.30. The van der Waals surface area contributed by atoms with E-state index < -0.39 is 0 Å². The fraction of sp³-hybridized carbons (Fsp3) is 0.250. The van der Waals surface area contributed by atoms with Crippen LogP contribution in [0.3, 0.4) is 0 Å². The van der Waals surface area contributed by atoms with E-state index >= 15 is 0 Å². The lowest BCUT2D eigenvalue weighted by Crippen LogP contribution is -2.09. The highest BCUT2D eigenvalue weighted by atomic mass is 15.3. The number of aryl methyl sites for hydroxylation is 2. The molecule has 31 heavy (non-hydrogen) atoms. The first-order valence-electron chi connectivity index (χ1n) is 11.3. The molecule has 1 aliphatic rings. The van der Waals surface area contributed by atoms with Gasteiger partial charge >= 0.3 is 0 Å². The van der Waals surface area contributed by atoms with Crippen molar-refractivity contribution in [2.45, 2.75) is 39.0 Å². The smallest absolute Gasteiger partial charge is 0.133 e. The lowest BCUT2D eigenvalue weighted by molar-refractivity contribution is 0.754. The molecule has 0 atom stereocenters. The van der Waals surface area contributed by atoms with Gasteiger partial charge in [0.2, 0.25) is 0 Å². The Balaban J connectivity index is 1.75. The summed E-state index contributed by atoms with van der Waals surface area (Å²) in [6.07, 6.45) is 3.42. The predicted octanol–water partition coefficient (Wildman–Crippen LogP) is 6.42. The molecule has 0 unspecified atom stereocenters. The molecular formula is C28H29N3. The SMILES string of the molecule is Cc1ccc(-n2nc(C(c3ccccc3)c3ccccc3)c3c2NCCCC3)c(C)c1. The Morgan fingerprint density at radius 3 is 2.16 bits per heavy atom. The molecule has 0 radical (unpaired) electrons. The van der Waals surface area contributed by atoms with Crippen LogP contribution in [0.5, 0.6) is 0 Å². The Morgan fingerprint density at radius 1 is 0.839 bits per heavy atom. The summed E-state index contributed by atoms with van der Waals surface area (Å²) in [5.74, 6) is 1.28. The third kappa shape index (κ3) is 3.76. The molecule has 0 saturated carbocycles. The van der Waals surface area contributed by atoms with Gasteiger partial charge in [-0.05, 0) is 55.9 Å². The van der Waals surface area contributed by atoms with Gasteiger partial charge in [-0.3, -0.25) is 0 Å². The molecule has 0 aliphatic carbocycles. The van der Waals surface area contributed by atoms with E-state index in [4.69, 9.17) is 5.10 Å². The van der Waals surface area contributed by atoms with E-state index in [0.29, 0.717) is 0 Å². The third-order valence-corrected chi connectivity index (χ3v) is 6.28. The molecule has 1 N–H and O–H groups in total. The van der Waals surface area contributed by atoms with Gasteiger partial charge < -0.3 is 5.32 Å². The van der Waals surface area contributed by atoms with Crippen molar-refractivity contribution in [2.75, 3.05) is 11.9 Å². The van der Waals surface area contributed by atoms with Crippen molar-refractivity contribution in [3.8, 4) is 5.69 Å². The Kier molecular flexibility index (Phi) is 5.33. The molecule has 1 aliphatic heterocycles. The van der Waals surface area contributed by atoms with Crippen LogP contribution < -0.4 is 5.32 Å². The summed E-state index contributed by atoms with van der Waals surface area (Å²) >= 11 is 0. The molecule has 0 saturated heterocycles. The van der Waals surface area contributed by atoms with Crippen LogP contribution in [0.25, 0.3) is 5.69 Å². The van der Waals surface area contributed by atoms with Crippen molar-refractivity contribution >= 4 is 5.82 Å². The maximum Gasteiger partial charge on any atom is 0.133 e. The van der Waals surface area contributed by atoms with Gasteiger partial charge in [-0.25, -0.2) is 4.68 Å². The van der Waals surface area contributed by atoms with E-state index in [1.165, 1.54) is 46.4 Å². The van der Waals surface area contributed by atoms with Crippen LogP contribution in [0.15, 0.2) is 78.9 Å². The van der Waals surface area contributed by atoms with Gasteiger partial charge in [0.25, 0.3) is 0 Å². The van der Waals surface area contributed by atoms with Crippen LogP contribution in [0, 0.1) is 13.8 Å². The fourth-order valence-electron chi connectivity index (χ4n) is 4.78. The number of fused-ring (bicyclic) bond motifs is 1. The minimum Gasteiger partial charge on any atom is -0.370 e. The molecule has 0 bridgehead atoms. The Bertz CT molecular complexity index is 1140. The van der Waals surface area contributed by atoms with Crippen molar-refractivity contribution in [2.24, 2.45) is 0 Å². The molecule has 0 fully saturated rings. The van der Waals surface area contributed by atoms with E-state index in [2.05, 4.69) is 103 Å². The van der Waals surface area contributed by atoms with Gasteiger partial charge in [-0.15, -0.1) is 0 Å². The topological polar surface area (TPSA) is 29.9 Å². The van der Waals surface area contributed by atoms with E-state index in [-0.39, 0.29) is 5.92 Å². The molecule has 3 nitrogen and oxygen atoms in total. The number of hydrogen-bond donors (Lipinski definition) is 1. The van der Waals surface area contributed by atoms with Gasteiger partial charge in [0, 0.05) is 12.1 Å². The maximum atomic E-state index is 5.30. The third-order valence-electron chi connectivity index (χ3n) is 6.28. The van der Waals surface area contributed by atoms with Crippen molar-refractivity contribution in [3.63, 3.8) is 0 Å². The molecule has 4 aromatic rings. The van der Waals surface area contributed by atoms with E-state index in [1.54, 1.807) is 0 Å². The summed E-state index contributed by atoms with van der Waals surface area (Å²) in [5.41, 5.74) is 8.77. The van der Waals surface area contributed by atoms with Crippen molar-refractivity contribution in [1.29, 1.82) is 0 Å². The predicted molar refractivity (Wildman–Crippen MR) is 128 cm³/mol. The molecule has 156 valence electrons. The Morgan fingerprint density at radius 2 is 1.52 bits per heavy atom. The molecule has 5 rings (SSSR count). The van der Waals surface area contributed by atoms with Crippen LogP contribution in [-0.2, 0) is 6.42 Å². The van der Waals surface area contributed by atoms with Crippen LogP contribution >= 0.6 is 0 Å². The van der Waals surface area contributed by atoms with Crippen LogP contribution in [0.2, 0.25) is 0 Å². The lowest BCUT2D eigenvalue weighted by atomic mass is 9.86. The largest absolute Gasteiger partial charge is 0.370 e. The normalized spacial score (nSPS) is 13.5. The van der Waals surface area contributed by atoms with Crippen LogP contribution in [0.1, 0.15) is 52.3 Å². The molecule has 3 aromatic carbocycles. The minimum atomic E-state index is 0.114. The average Bonchev–Trinajstić information content (AvgIpc) is 2.96. The fourth-order valence-corrected chi connectivity index (χ4v) is 4.78. The van der Waals surface area contributed by atoms with Gasteiger partial charge in [-0.2, -0.15) is 5.10 Å². The molecule has 2 heterocycles. The standard InChI is InChI=1S/C28H29N3/c1-20-16-17-25(21(2)19-20)31-28-24(15-9-10-18-29-28)27(30-31)26(22-11-5-3-6-12-22)23-13-7-4-8-14-23/h3-8,11-14,16-17,19,26,29H,9-10,15,18H2,1-2H3. The number of nitrogens with zero attached hydrogens (tertiary/aromatic N) is 2. The zero-order chi connectivity index (χ0) is 21.2. The first kappa shape index (κ1) is 19.6. The highest BCUT2D eigenvalue weighted by molar-refractivity contribution is 5.59. The van der Waals surface area contributed by atoms with Gasteiger partial charge in [0.15, 0.2) is 0 Å². The summed E-state index contributed by atoms with van der Waals surface area (Å²) in [4.78, 5) is 0. The van der Waals surface area contributed by atoms with E-state index in [0.717, 1.165) is 24.5 Å². The quantitative estimate of drug-likeness (QED) is 0.423. The summed E-state index contributed by atoms with van der Waals surface area (Å²) in [7, 11) is 0. The van der Waals surface area contributed by atoms with Crippen LogP contribution in [0.4, 0.5) is 5.82 Å². The van der Waals surface area contributed by atoms with Gasteiger partial charge in [-0.1, -0.05) is 78.4 Å². The Labute approximate surface area is 184 Å². The summed E-state index contributed by atoms with van der Waals surface area (Å²) in [6.45, 7) is 5.31. The number of aromatic nitrogens is 2. The van der Waals surface area contributed by atoms with Crippen molar-refractivity contribution < 1.29 is 0 Å². The van der Waals surface area contributed by atoms with Crippen molar-refractivity contribution in [3.05, 3.63) is 112 Å². The molecule has 0 spiro atoms. The van der Waals surface area contributed by atoms with Crippen LogP contribution in [-0.4, -0.2) is 16.3 Å². The average molecular weight is 408 g/mol. The van der Waals surface area contributed by atoms with E-state index in [1.807, 2.05) is 0 Å². The molecule has 3 heteroatoms.